The molecule has 1 aliphatic carbocycles. The third kappa shape index (κ3) is 3.21. The van der Waals surface area contributed by atoms with Gasteiger partial charge in [0.05, 0.1) is 17.2 Å². The van der Waals surface area contributed by atoms with Gasteiger partial charge in [-0.05, 0) is 23.6 Å². The van der Waals surface area contributed by atoms with E-state index < -0.39 is 0 Å². The SMILES string of the molecule is O=C(NN=Cc1cc2c(cc1Cl)OCO2)[C@@H]1CC1(c1ccccc1)c1ccccc1. The van der Waals surface area contributed by atoms with Crippen molar-refractivity contribution in [1.29, 1.82) is 0 Å². The lowest BCUT2D eigenvalue weighted by molar-refractivity contribution is -0.122. The summed E-state index contributed by atoms with van der Waals surface area (Å²) < 4.78 is 10.7. The molecule has 0 bridgehead atoms. The fourth-order valence-corrected chi connectivity index (χ4v) is 4.33. The van der Waals surface area contributed by atoms with E-state index in [-0.39, 0.29) is 24.0 Å². The number of nitrogens with zero attached hydrogens (tertiary/aromatic N) is 1. The van der Waals surface area contributed by atoms with E-state index in [0.717, 1.165) is 17.5 Å². The summed E-state index contributed by atoms with van der Waals surface area (Å²) in [5.74, 6) is 0.915. The summed E-state index contributed by atoms with van der Waals surface area (Å²) in [4.78, 5) is 12.9. The van der Waals surface area contributed by atoms with Crippen LogP contribution in [0, 0.1) is 5.92 Å². The molecule has 30 heavy (non-hydrogen) atoms. The molecule has 0 aromatic heterocycles. The molecule has 6 heteroatoms. The fourth-order valence-electron chi connectivity index (χ4n) is 4.13. The number of fused-ring (bicyclic) bond motifs is 1. The molecule has 3 aromatic rings. The molecule has 0 unspecified atom stereocenters. The van der Waals surface area contributed by atoms with Gasteiger partial charge in [0.1, 0.15) is 0 Å². The second-order valence-corrected chi connectivity index (χ2v) is 7.83. The van der Waals surface area contributed by atoms with E-state index in [2.05, 4.69) is 34.8 Å². The molecule has 150 valence electrons. The number of hydrogen-bond donors (Lipinski definition) is 1. The minimum absolute atomic E-state index is 0.115. The van der Waals surface area contributed by atoms with Gasteiger partial charge in [0.25, 0.3) is 0 Å². The maximum Gasteiger partial charge on any atom is 0.244 e. The number of benzene rings is 3. The Morgan fingerprint density at radius 2 is 1.60 bits per heavy atom. The van der Waals surface area contributed by atoms with Crippen LogP contribution in [0.15, 0.2) is 77.9 Å². The molecule has 1 atom stereocenters. The number of carbonyl (C=O) groups is 1. The first kappa shape index (κ1) is 18.7. The minimum atomic E-state index is -0.321. The Bertz CT molecular complexity index is 1080. The molecule has 1 N–H and O–H groups in total. The van der Waals surface area contributed by atoms with Crippen LogP contribution in [0.5, 0.6) is 11.5 Å². The van der Waals surface area contributed by atoms with E-state index in [0.29, 0.717) is 22.1 Å². The van der Waals surface area contributed by atoms with Crippen molar-refractivity contribution in [1.82, 2.24) is 5.43 Å². The maximum absolute atomic E-state index is 12.9. The molecule has 5 nitrogen and oxygen atoms in total. The molecule has 1 aliphatic heterocycles. The summed E-state index contributed by atoms with van der Waals surface area (Å²) in [6.07, 6.45) is 2.27. The Morgan fingerprint density at radius 3 is 2.23 bits per heavy atom. The summed E-state index contributed by atoms with van der Waals surface area (Å²) in [6.45, 7) is 0.172. The van der Waals surface area contributed by atoms with Gasteiger partial charge >= 0.3 is 0 Å². The summed E-state index contributed by atoms with van der Waals surface area (Å²) in [5, 5.41) is 4.61. The number of ether oxygens (including phenoxy) is 2. The predicted octanol–water partition coefficient (Wildman–Crippen LogP) is 4.53. The molecule has 0 radical (unpaired) electrons. The number of hydrogen-bond acceptors (Lipinski definition) is 4. The zero-order valence-corrected chi connectivity index (χ0v) is 16.8. The number of amides is 1. The molecule has 5 rings (SSSR count). The number of carbonyl (C=O) groups excluding carboxylic acids is 1. The molecule has 2 aliphatic rings. The van der Waals surface area contributed by atoms with Crippen LogP contribution in [0.1, 0.15) is 23.1 Å². The van der Waals surface area contributed by atoms with Crippen molar-refractivity contribution < 1.29 is 14.3 Å². The highest BCUT2D eigenvalue weighted by molar-refractivity contribution is 6.33. The highest BCUT2D eigenvalue weighted by Crippen LogP contribution is 2.58. The van der Waals surface area contributed by atoms with Crippen LogP contribution in [-0.2, 0) is 10.2 Å². The average Bonchev–Trinajstić information content (AvgIpc) is 3.40. The zero-order chi connectivity index (χ0) is 20.6. The normalized spacial score (nSPS) is 18.4. The largest absolute Gasteiger partial charge is 0.454 e. The summed E-state index contributed by atoms with van der Waals surface area (Å²) in [5.41, 5.74) is 5.28. The Hall–Kier alpha value is -3.31. The van der Waals surface area contributed by atoms with Crippen LogP contribution in [0.2, 0.25) is 5.02 Å². The maximum atomic E-state index is 12.9. The van der Waals surface area contributed by atoms with E-state index in [9.17, 15) is 4.79 Å². The van der Waals surface area contributed by atoms with Crippen molar-refractivity contribution in [2.45, 2.75) is 11.8 Å². The monoisotopic (exact) mass is 418 g/mol. The molecule has 1 heterocycles. The average molecular weight is 419 g/mol. The van der Waals surface area contributed by atoms with Gasteiger partial charge in [0, 0.05) is 17.0 Å². The third-order valence-corrected chi connectivity index (χ3v) is 6.05. The van der Waals surface area contributed by atoms with E-state index in [1.54, 1.807) is 12.1 Å². The standard InChI is InChI=1S/C24H19ClN2O3/c25-20-12-22-21(29-15-30-22)11-16(20)14-26-27-23(28)19-13-24(19,17-7-3-1-4-8-17)18-9-5-2-6-10-18/h1-12,14,19H,13,15H2,(H,27,28)/t19-/m0/s1. The Balaban J connectivity index is 1.35. The molecular weight excluding hydrogens is 400 g/mol. The van der Waals surface area contributed by atoms with Gasteiger partial charge in [-0.1, -0.05) is 72.3 Å². The number of rotatable bonds is 5. The van der Waals surface area contributed by atoms with Gasteiger partial charge in [-0.25, -0.2) is 5.43 Å². The first-order valence-electron chi connectivity index (χ1n) is 9.71. The van der Waals surface area contributed by atoms with E-state index >= 15 is 0 Å². The van der Waals surface area contributed by atoms with Crippen LogP contribution in [0.3, 0.4) is 0 Å². The van der Waals surface area contributed by atoms with Gasteiger partial charge in [-0.3, -0.25) is 4.79 Å². The van der Waals surface area contributed by atoms with Crippen molar-refractivity contribution in [3.8, 4) is 11.5 Å². The highest BCUT2D eigenvalue weighted by atomic mass is 35.5. The van der Waals surface area contributed by atoms with E-state index in [1.807, 2.05) is 36.4 Å². The lowest BCUT2D eigenvalue weighted by Crippen LogP contribution is -2.25. The van der Waals surface area contributed by atoms with Crippen LogP contribution in [0.4, 0.5) is 0 Å². The molecule has 1 amide bonds. The topological polar surface area (TPSA) is 59.9 Å². The predicted molar refractivity (Wildman–Crippen MR) is 115 cm³/mol. The number of nitrogens with one attached hydrogen (secondary N) is 1. The van der Waals surface area contributed by atoms with Crippen LogP contribution in [0.25, 0.3) is 0 Å². The first-order chi connectivity index (χ1) is 14.7. The minimum Gasteiger partial charge on any atom is -0.454 e. The third-order valence-electron chi connectivity index (χ3n) is 5.73. The second-order valence-electron chi connectivity index (χ2n) is 7.42. The van der Waals surface area contributed by atoms with Crippen molar-refractivity contribution in [3.63, 3.8) is 0 Å². The van der Waals surface area contributed by atoms with Gasteiger partial charge < -0.3 is 9.47 Å². The molecular formula is C24H19ClN2O3. The summed E-state index contributed by atoms with van der Waals surface area (Å²) >= 11 is 6.26. The number of halogens is 1. The first-order valence-corrected chi connectivity index (χ1v) is 10.1. The Kier molecular flexibility index (Phi) is 4.68. The lowest BCUT2D eigenvalue weighted by atomic mass is 9.85. The summed E-state index contributed by atoms with van der Waals surface area (Å²) in [6, 6.07) is 23.7. The molecule has 1 fully saturated rings. The van der Waals surface area contributed by atoms with E-state index in [1.165, 1.54) is 6.21 Å². The van der Waals surface area contributed by atoms with Gasteiger partial charge in [-0.2, -0.15) is 5.10 Å². The van der Waals surface area contributed by atoms with E-state index in [4.69, 9.17) is 21.1 Å². The van der Waals surface area contributed by atoms with Gasteiger partial charge in [-0.15, -0.1) is 0 Å². The smallest absolute Gasteiger partial charge is 0.244 e. The van der Waals surface area contributed by atoms with Crippen molar-refractivity contribution in [2.75, 3.05) is 6.79 Å². The Morgan fingerprint density at radius 1 is 1.00 bits per heavy atom. The summed E-state index contributed by atoms with van der Waals surface area (Å²) in [7, 11) is 0. The molecule has 3 aromatic carbocycles. The van der Waals surface area contributed by atoms with Crippen LogP contribution < -0.4 is 14.9 Å². The van der Waals surface area contributed by atoms with Gasteiger partial charge in [0.15, 0.2) is 11.5 Å². The molecule has 1 saturated carbocycles. The lowest BCUT2D eigenvalue weighted by Gasteiger charge is -2.18. The quantitative estimate of drug-likeness (QED) is 0.489. The fraction of sp³-hybridized carbons (Fsp3) is 0.167. The van der Waals surface area contributed by atoms with Crippen LogP contribution >= 0.6 is 11.6 Å². The van der Waals surface area contributed by atoms with Gasteiger partial charge in [0.2, 0.25) is 12.7 Å². The van der Waals surface area contributed by atoms with Crippen molar-refractivity contribution >= 4 is 23.7 Å². The second kappa shape index (κ2) is 7.50. The van der Waals surface area contributed by atoms with Crippen molar-refractivity contribution in [2.24, 2.45) is 11.0 Å². The van der Waals surface area contributed by atoms with Crippen molar-refractivity contribution in [3.05, 3.63) is 94.5 Å². The highest BCUT2D eigenvalue weighted by Gasteiger charge is 2.60. The number of hydrazone groups is 1. The zero-order valence-electron chi connectivity index (χ0n) is 16.0. The molecule has 0 spiro atoms. The van der Waals surface area contributed by atoms with Crippen LogP contribution in [-0.4, -0.2) is 18.9 Å². The molecule has 0 saturated heterocycles. The Labute approximate surface area is 179 Å².